The standard InChI is InChI=1S/C21H29BrO2/c1-3-5-7-14-23-18-10-11-20-17(16-18)9-12-21(19(20)4-2)24-15-8-6-13-22/h9-12,16H,3-8,13-15H2,1-2H3. The third-order valence-corrected chi connectivity index (χ3v) is 4.78. The molecule has 2 nitrogen and oxygen atoms in total. The summed E-state index contributed by atoms with van der Waals surface area (Å²) in [6.45, 7) is 5.98. The Bertz CT molecular complexity index is 625. The zero-order chi connectivity index (χ0) is 17.2. The second-order valence-electron chi connectivity index (χ2n) is 6.08. The topological polar surface area (TPSA) is 18.5 Å². The molecule has 0 spiro atoms. The summed E-state index contributed by atoms with van der Waals surface area (Å²) in [6, 6.07) is 10.7. The maximum Gasteiger partial charge on any atom is 0.123 e. The molecule has 0 saturated heterocycles. The predicted molar refractivity (Wildman–Crippen MR) is 107 cm³/mol. The molecular formula is C21H29BrO2. The quantitative estimate of drug-likeness (QED) is 0.319. The van der Waals surface area contributed by atoms with Crippen LogP contribution in [0.25, 0.3) is 10.8 Å². The molecule has 2 aromatic carbocycles. The number of benzene rings is 2. The molecule has 132 valence electrons. The van der Waals surface area contributed by atoms with E-state index in [1.807, 2.05) is 0 Å². The van der Waals surface area contributed by atoms with Gasteiger partial charge >= 0.3 is 0 Å². The first kappa shape index (κ1) is 19.1. The number of alkyl halides is 1. The van der Waals surface area contributed by atoms with Crippen LogP contribution in [0, 0.1) is 0 Å². The van der Waals surface area contributed by atoms with Crippen molar-refractivity contribution in [3.05, 3.63) is 35.9 Å². The summed E-state index contributed by atoms with van der Waals surface area (Å²) in [5, 5.41) is 3.54. The molecule has 0 aliphatic rings. The Morgan fingerprint density at radius 2 is 1.67 bits per heavy atom. The lowest BCUT2D eigenvalue weighted by molar-refractivity contribution is 0.306. The lowest BCUT2D eigenvalue weighted by Gasteiger charge is -2.14. The van der Waals surface area contributed by atoms with Gasteiger partial charge in [-0.1, -0.05) is 54.8 Å². The lowest BCUT2D eigenvalue weighted by Crippen LogP contribution is -2.01. The number of ether oxygens (including phenoxy) is 2. The number of rotatable bonds is 11. The minimum absolute atomic E-state index is 0.780. The zero-order valence-electron chi connectivity index (χ0n) is 14.9. The normalized spacial score (nSPS) is 11.0. The minimum atomic E-state index is 0.780. The van der Waals surface area contributed by atoms with E-state index in [1.54, 1.807) is 0 Å². The molecule has 0 unspecified atom stereocenters. The summed E-state index contributed by atoms with van der Waals surface area (Å²) in [6.07, 6.45) is 6.77. The molecule has 0 aromatic heterocycles. The van der Waals surface area contributed by atoms with Gasteiger partial charge in [0.05, 0.1) is 13.2 Å². The number of hydrogen-bond acceptors (Lipinski definition) is 2. The SMILES string of the molecule is CCCCCOc1ccc2c(CC)c(OCCCCBr)ccc2c1. The largest absolute Gasteiger partial charge is 0.494 e. The minimum Gasteiger partial charge on any atom is -0.494 e. The summed E-state index contributed by atoms with van der Waals surface area (Å²) in [7, 11) is 0. The first-order valence-electron chi connectivity index (χ1n) is 9.17. The van der Waals surface area contributed by atoms with E-state index < -0.39 is 0 Å². The van der Waals surface area contributed by atoms with Gasteiger partial charge in [0.25, 0.3) is 0 Å². The maximum atomic E-state index is 6.01. The highest BCUT2D eigenvalue weighted by Gasteiger charge is 2.08. The molecule has 0 aliphatic carbocycles. The van der Waals surface area contributed by atoms with Gasteiger partial charge in [0.1, 0.15) is 11.5 Å². The van der Waals surface area contributed by atoms with E-state index >= 15 is 0 Å². The van der Waals surface area contributed by atoms with Crippen LogP contribution in [0.2, 0.25) is 0 Å². The Hall–Kier alpha value is -1.22. The molecule has 2 aromatic rings. The van der Waals surface area contributed by atoms with Crippen LogP contribution in [-0.4, -0.2) is 18.5 Å². The van der Waals surface area contributed by atoms with Gasteiger partial charge in [-0.25, -0.2) is 0 Å². The van der Waals surface area contributed by atoms with Crippen LogP contribution in [0.4, 0.5) is 0 Å². The van der Waals surface area contributed by atoms with Crippen molar-refractivity contribution in [3.8, 4) is 11.5 Å². The highest BCUT2D eigenvalue weighted by atomic mass is 79.9. The Kier molecular flexibility index (Phi) is 8.44. The fourth-order valence-electron chi connectivity index (χ4n) is 2.86. The Labute approximate surface area is 154 Å². The van der Waals surface area contributed by atoms with E-state index in [2.05, 4.69) is 60.1 Å². The summed E-state index contributed by atoms with van der Waals surface area (Å²) >= 11 is 3.46. The Balaban J connectivity index is 2.10. The molecule has 0 radical (unpaired) electrons. The van der Waals surface area contributed by atoms with Crippen LogP contribution in [0.5, 0.6) is 11.5 Å². The van der Waals surface area contributed by atoms with Crippen molar-refractivity contribution < 1.29 is 9.47 Å². The molecule has 0 heterocycles. The zero-order valence-corrected chi connectivity index (χ0v) is 16.5. The summed E-state index contributed by atoms with van der Waals surface area (Å²) in [4.78, 5) is 0. The van der Waals surface area contributed by atoms with Crippen molar-refractivity contribution in [1.29, 1.82) is 0 Å². The third-order valence-electron chi connectivity index (χ3n) is 4.22. The van der Waals surface area contributed by atoms with E-state index in [4.69, 9.17) is 9.47 Å². The highest BCUT2D eigenvalue weighted by molar-refractivity contribution is 9.09. The molecule has 0 amide bonds. The summed E-state index contributed by atoms with van der Waals surface area (Å²) in [5.41, 5.74) is 1.30. The van der Waals surface area contributed by atoms with E-state index in [0.29, 0.717) is 0 Å². The number of hydrogen-bond donors (Lipinski definition) is 0. The van der Waals surface area contributed by atoms with Crippen molar-refractivity contribution in [1.82, 2.24) is 0 Å². The van der Waals surface area contributed by atoms with Gasteiger partial charge in [-0.15, -0.1) is 0 Å². The van der Waals surface area contributed by atoms with E-state index in [0.717, 1.165) is 55.7 Å². The molecule has 0 aliphatic heterocycles. The van der Waals surface area contributed by atoms with Gasteiger partial charge in [0, 0.05) is 10.9 Å². The van der Waals surface area contributed by atoms with Crippen LogP contribution in [0.3, 0.4) is 0 Å². The molecular weight excluding hydrogens is 364 g/mol. The van der Waals surface area contributed by atoms with Crippen molar-refractivity contribution in [2.24, 2.45) is 0 Å². The van der Waals surface area contributed by atoms with Gasteiger partial charge in [0.2, 0.25) is 0 Å². The molecule has 2 rings (SSSR count). The van der Waals surface area contributed by atoms with Gasteiger partial charge in [0.15, 0.2) is 0 Å². The fourth-order valence-corrected chi connectivity index (χ4v) is 3.26. The van der Waals surface area contributed by atoms with Crippen molar-refractivity contribution in [3.63, 3.8) is 0 Å². The molecule has 0 N–H and O–H groups in total. The number of halogens is 1. The number of aryl methyl sites for hydroxylation is 1. The van der Waals surface area contributed by atoms with Gasteiger partial charge < -0.3 is 9.47 Å². The van der Waals surface area contributed by atoms with Crippen LogP contribution in [0.15, 0.2) is 30.3 Å². The maximum absolute atomic E-state index is 6.01. The molecule has 0 atom stereocenters. The van der Waals surface area contributed by atoms with Crippen LogP contribution < -0.4 is 9.47 Å². The predicted octanol–water partition coefficient (Wildman–Crippen LogP) is 6.53. The number of fused-ring (bicyclic) bond motifs is 1. The first-order chi connectivity index (χ1) is 11.8. The number of unbranched alkanes of at least 4 members (excludes halogenated alkanes) is 3. The summed E-state index contributed by atoms with van der Waals surface area (Å²) < 4.78 is 11.9. The van der Waals surface area contributed by atoms with E-state index in [-0.39, 0.29) is 0 Å². The Morgan fingerprint density at radius 3 is 2.42 bits per heavy atom. The molecule has 24 heavy (non-hydrogen) atoms. The second-order valence-corrected chi connectivity index (χ2v) is 6.87. The molecule has 3 heteroatoms. The second kappa shape index (κ2) is 10.6. The van der Waals surface area contributed by atoms with Crippen LogP contribution >= 0.6 is 15.9 Å². The third kappa shape index (κ3) is 5.41. The highest BCUT2D eigenvalue weighted by Crippen LogP contribution is 2.31. The van der Waals surface area contributed by atoms with Crippen LogP contribution in [-0.2, 0) is 6.42 Å². The summed E-state index contributed by atoms with van der Waals surface area (Å²) in [5.74, 6) is 1.99. The Morgan fingerprint density at radius 1 is 0.875 bits per heavy atom. The fraction of sp³-hybridized carbons (Fsp3) is 0.524. The lowest BCUT2D eigenvalue weighted by atomic mass is 10.0. The molecule has 0 fully saturated rings. The van der Waals surface area contributed by atoms with Crippen molar-refractivity contribution >= 4 is 26.7 Å². The van der Waals surface area contributed by atoms with Crippen LogP contribution in [0.1, 0.15) is 51.5 Å². The van der Waals surface area contributed by atoms with E-state index in [1.165, 1.54) is 29.2 Å². The first-order valence-corrected chi connectivity index (χ1v) is 10.3. The van der Waals surface area contributed by atoms with Gasteiger partial charge in [-0.3, -0.25) is 0 Å². The average Bonchev–Trinajstić information content (AvgIpc) is 2.62. The smallest absolute Gasteiger partial charge is 0.123 e. The monoisotopic (exact) mass is 392 g/mol. The van der Waals surface area contributed by atoms with E-state index in [9.17, 15) is 0 Å². The molecule has 0 bridgehead atoms. The average molecular weight is 393 g/mol. The van der Waals surface area contributed by atoms with Crippen molar-refractivity contribution in [2.45, 2.75) is 52.4 Å². The van der Waals surface area contributed by atoms with Crippen molar-refractivity contribution in [2.75, 3.05) is 18.5 Å². The van der Waals surface area contributed by atoms with Gasteiger partial charge in [-0.05, 0) is 54.7 Å². The molecule has 0 saturated carbocycles. The van der Waals surface area contributed by atoms with Gasteiger partial charge in [-0.2, -0.15) is 0 Å².